The molecule has 0 N–H and O–H groups in total. The van der Waals surface area contributed by atoms with Crippen molar-refractivity contribution in [2.24, 2.45) is 10.2 Å². The first-order chi connectivity index (χ1) is 8.11. The van der Waals surface area contributed by atoms with E-state index < -0.39 is 11.5 Å². The Morgan fingerprint density at radius 3 is 2.59 bits per heavy atom. The average molecular weight is 251 g/mol. The predicted octanol–water partition coefficient (Wildman–Crippen LogP) is 2.73. The van der Waals surface area contributed by atoms with Crippen molar-refractivity contribution in [3.63, 3.8) is 0 Å². The van der Waals surface area contributed by atoms with Crippen molar-refractivity contribution in [2.75, 3.05) is 13.7 Å². The number of hydrogen-bond donors (Lipinski definition) is 0. The lowest BCUT2D eigenvalue weighted by Gasteiger charge is -2.23. The number of esters is 1. The number of rotatable bonds is 2. The molecule has 1 aromatic carbocycles. The van der Waals surface area contributed by atoms with Crippen molar-refractivity contribution in [2.45, 2.75) is 5.54 Å². The summed E-state index contributed by atoms with van der Waals surface area (Å²) in [6.07, 6.45) is 0. The van der Waals surface area contributed by atoms with Gasteiger partial charge in [-0.15, -0.1) is 0 Å². The number of nitrogens with zero attached hydrogens (tertiary/aromatic N) is 2. The van der Waals surface area contributed by atoms with Gasteiger partial charge in [0.15, 0.2) is 0 Å². The van der Waals surface area contributed by atoms with Crippen molar-refractivity contribution >= 4 is 17.6 Å². The minimum absolute atomic E-state index is 0.331. The molecule has 1 aliphatic rings. The van der Waals surface area contributed by atoms with Crippen LogP contribution in [0.2, 0.25) is 5.02 Å². The van der Waals surface area contributed by atoms with E-state index in [0.717, 1.165) is 0 Å². The molecule has 0 amide bonds. The second-order valence-corrected chi connectivity index (χ2v) is 4.15. The highest BCUT2D eigenvalue weighted by atomic mass is 35.5. The van der Waals surface area contributed by atoms with Crippen molar-refractivity contribution in [3.05, 3.63) is 47.0 Å². The van der Waals surface area contributed by atoms with Gasteiger partial charge in [0, 0.05) is 5.02 Å². The number of carbonyl (C=O) groups excluding carboxylic acids is 1. The van der Waals surface area contributed by atoms with E-state index >= 15 is 0 Å². The number of carbonyl (C=O) groups is 1. The molecular formula is C12H11ClN2O2. The molecule has 0 fully saturated rings. The van der Waals surface area contributed by atoms with Crippen LogP contribution < -0.4 is 0 Å². The Morgan fingerprint density at radius 2 is 2.12 bits per heavy atom. The van der Waals surface area contributed by atoms with Crippen LogP contribution >= 0.6 is 11.6 Å². The Bertz CT molecular complexity index is 496. The van der Waals surface area contributed by atoms with E-state index in [1.807, 2.05) is 0 Å². The molecule has 5 heteroatoms. The lowest BCUT2D eigenvalue weighted by molar-refractivity contribution is -0.145. The minimum atomic E-state index is -1.21. The molecule has 0 saturated heterocycles. The summed E-state index contributed by atoms with van der Waals surface area (Å²) in [5.74, 6) is -0.480. The Balaban J connectivity index is 2.55. The minimum Gasteiger partial charge on any atom is -0.467 e. The van der Waals surface area contributed by atoms with Crippen LogP contribution in [0.15, 0.2) is 46.6 Å². The molecule has 0 radical (unpaired) electrons. The zero-order chi connectivity index (χ0) is 12.5. The first-order valence-electron chi connectivity index (χ1n) is 5.02. The maximum absolute atomic E-state index is 12.0. The number of halogens is 1. The van der Waals surface area contributed by atoms with Crippen molar-refractivity contribution < 1.29 is 9.53 Å². The van der Waals surface area contributed by atoms with Gasteiger partial charge in [-0.3, -0.25) is 0 Å². The summed E-state index contributed by atoms with van der Waals surface area (Å²) in [5.41, 5.74) is 0.0611. The van der Waals surface area contributed by atoms with Gasteiger partial charge in [-0.25, -0.2) is 4.79 Å². The van der Waals surface area contributed by atoms with Gasteiger partial charge in [0.1, 0.15) is 0 Å². The molecule has 1 atom stereocenters. The molecule has 0 aromatic heterocycles. The van der Waals surface area contributed by atoms with Crippen LogP contribution in [0.4, 0.5) is 0 Å². The topological polar surface area (TPSA) is 51.0 Å². The van der Waals surface area contributed by atoms with Gasteiger partial charge in [-0.1, -0.05) is 30.3 Å². The van der Waals surface area contributed by atoms with Gasteiger partial charge in [0.2, 0.25) is 5.54 Å². The van der Waals surface area contributed by atoms with E-state index in [4.69, 9.17) is 16.3 Å². The number of hydrogen-bond acceptors (Lipinski definition) is 4. The fourth-order valence-electron chi connectivity index (χ4n) is 1.82. The lowest BCUT2D eigenvalue weighted by atomic mass is 9.85. The van der Waals surface area contributed by atoms with Crippen LogP contribution in [0.3, 0.4) is 0 Å². The van der Waals surface area contributed by atoms with E-state index in [-0.39, 0.29) is 0 Å². The normalized spacial score (nSPS) is 22.8. The van der Waals surface area contributed by atoms with Gasteiger partial charge < -0.3 is 4.74 Å². The molecule has 0 saturated carbocycles. The van der Waals surface area contributed by atoms with Crippen LogP contribution in [-0.2, 0) is 15.1 Å². The van der Waals surface area contributed by atoms with Gasteiger partial charge in [0.05, 0.1) is 13.7 Å². The summed E-state index contributed by atoms with van der Waals surface area (Å²) in [5, 5.41) is 8.50. The number of benzene rings is 1. The SMILES string of the molecule is C=C1CN=NC1(C(=O)OC)c1ccc(Cl)cc1. The maximum Gasteiger partial charge on any atom is 0.344 e. The molecule has 1 heterocycles. The Morgan fingerprint density at radius 1 is 1.47 bits per heavy atom. The third-order valence-electron chi connectivity index (χ3n) is 2.74. The van der Waals surface area contributed by atoms with Crippen LogP contribution in [0.1, 0.15) is 5.56 Å². The summed E-state index contributed by atoms with van der Waals surface area (Å²) in [7, 11) is 1.32. The molecule has 2 rings (SSSR count). The van der Waals surface area contributed by atoms with Gasteiger partial charge in [-0.05, 0) is 23.3 Å². The molecular weight excluding hydrogens is 240 g/mol. The molecule has 88 valence electrons. The summed E-state index contributed by atoms with van der Waals surface area (Å²) < 4.78 is 4.81. The largest absolute Gasteiger partial charge is 0.467 e. The molecule has 1 aliphatic heterocycles. The first-order valence-corrected chi connectivity index (χ1v) is 5.40. The van der Waals surface area contributed by atoms with Crippen LogP contribution in [0.25, 0.3) is 0 Å². The van der Waals surface area contributed by atoms with E-state index in [1.165, 1.54) is 7.11 Å². The molecule has 0 aliphatic carbocycles. The van der Waals surface area contributed by atoms with E-state index in [1.54, 1.807) is 24.3 Å². The summed E-state index contributed by atoms with van der Waals surface area (Å²) in [6.45, 7) is 4.19. The highest BCUT2D eigenvalue weighted by Crippen LogP contribution is 2.39. The van der Waals surface area contributed by atoms with Crippen molar-refractivity contribution in [1.82, 2.24) is 0 Å². The molecule has 4 nitrogen and oxygen atoms in total. The van der Waals surface area contributed by atoms with Crippen LogP contribution in [0.5, 0.6) is 0 Å². The van der Waals surface area contributed by atoms with Crippen LogP contribution in [-0.4, -0.2) is 19.6 Å². The zero-order valence-corrected chi connectivity index (χ0v) is 10.1. The van der Waals surface area contributed by atoms with E-state index in [0.29, 0.717) is 22.7 Å². The third kappa shape index (κ3) is 1.74. The third-order valence-corrected chi connectivity index (χ3v) is 2.99. The highest BCUT2D eigenvalue weighted by molar-refractivity contribution is 6.30. The maximum atomic E-state index is 12.0. The molecule has 1 unspecified atom stereocenters. The predicted molar refractivity (Wildman–Crippen MR) is 64.0 cm³/mol. The Kier molecular flexibility index (Phi) is 2.98. The van der Waals surface area contributed by atoms with E-state index in [2.05, 4.69) is 16.8 Å². The molecule has 1 aromatic rings. The lowest BCUT2D eigenvalue weighted by Crippen LogP contribution is -2.35. The summed E-state index contributed by atoms with van der Waals surface area (Å²) in [4.78, 5) is 12.0. The van der Waals surface area contributed by atoms with E-state index in [9.17, 15) is 4.79 Å². The van der Waals surface area contributed by atoms with Gasteiger partial charge >= 0.3 is 5.97 Å². The summed E-state index contributed by atoms with van der Waals surface area (Å²) >= 11 is 5.82. The molecule has 0 spiro atoms. The number of methoxy groups -OCH3 is 1. The van der Waals surface area contributed by atoms with Crippen molar-refractivity contribution in [1.29, 1.82) is 0 Å². The first kappa shape index (κ1) is 11.8. The quantitative estimate of drug-likeness (QED) is 0.599. The fourth-order valence-corrected chi connectivity index (χ4v) is 1.94. The van der Waals surface area contributed by atoms with Crippen molar-refractivity contribution in [3.8, 4) is 0 Å². The summed E-state index contributed by atoms with van der Waals surface area (Å²) in [6, 6.07) is 6.86. The molecule has 0 bridgehead atoms. The number of azo groups is 1. The molecule has 17 heavy (non-hydrogen) atoms. The average Bonchev–Trinajstić information content (AvgIpc) is 2.72. The second kappa shape index (κ2) is 4.30. The fraction of sp³-hybridized carbons (Fsp3) is 0.250. The highest BCUT2D eigenvalue weighted by Gasteiger charge is 2.47. The Hall–Kier alpha value is -1.68. The van der Waals surface area contributed by atoms with Gasteiger partial charge in [-0.2, -0.15) is 10.2 Å². The standard InChI is InChI=1S/C12H11ClN2O2/c1-8-7-14-15-12(8,11(16)17-2)9-3-5-10(13)6-4-9/h3-6H,1,7H2,2H3. The van der Waals surface area contributed by atoms with Gasteiger partial charge in [0.25, 0.3) is 0 Å². The number of ether oxygens (including phenoxy) is 1. The Labute approximate surface area is 104 Å². The van der Waals surface area contributed by atoms with Crippen LogP contribution in [0, 0.1) is 0 Å². The zero-order valence-electron chi connectivity index (χ0n) is 9.31. The monoisotopic (exact) mass is 250 g/mol. The second-order valence-electron chi connectivity index (χ2n) is 3.71. The smallest absolute Gasteiger partial charge is 0.344 e.